The number of hydrogen-bond acceptors (Lipinski definition) is 4. The van der Waals surface area contributed by atoms with Gasteiger partial charge < -0.3 is 21.1 Å². The van der Waals surface area contributed by atoms with Crippen molar-refractivity contribution < 1.29 is 14.3 Å². The van der Waals surface area contributed by atoms with Crippen molar-refractivity contribution in [3.8, 4) is 0 Å². The highest BCUT2D eigenvalue weighted by Gasteiger charge is 2.38. The Hall–Kier alpha value is -1.15. The fourth-order valence-electron chi connectivity index (χ4n) is 2.37. The molecule has 6 nitrogen and oxygen atoms in total. The summed E-state index contributed by atoms with van der Waals surface area (Å²) in [6.07, 6.45) is 1.17. The number of ether oxygens (including phenoxy) is 1. The Balaban J connectivity index is 0.00000264. The SMILES string of the molecule is Cl.NCC1(C(=O)NCC(=O)Nc2ccc(Br)cc2)CCOCC1. The van der Waals surface area contributed by atoms with Gasteiger partial charge in [0.1, 0.15) is 0 Å². The number of benzene rings is 1. The van der Waals surface area contributed by atoms with Crippen molar-refractivity contribution >= 4 is 45.8 Å². The molecule has 0 unspecified atom stereocenters. The van der Waals surface area contributed by atoms with E-state index in [1.165, 1.54) is 0 Å². The molecule has 2 amide bonds. The number of anilines is 1. The van der Waals surface area contributed by atoms with Crippen molar-refractivity contribution in [2.75, 3.05) is 31.6 Å². The van der Waals surface area contributed by atoms with Crippen LogP contribution in [0.25, 0.3) is 0 Å². The standard InChI is InChI=1S/C15H20BrN3O3.ClH/c16-11-1-3-12(4-2-11)19-13(20)9-18-14(21)15(10-17)5-7-22-8-6-15;/h1-4H,5-10,17H2,(H,18,21)(H,19,20);1H. The van der Waals surface area contributed by atoms with Gasteiger partial charge in [-0.15, -0.1) is 12.4 Å². The molecule has 0 radical (unpaired) electrons. The van der Waals surface area contributed by atoms with Crippen LogP contribution >= 0.6 is 28.3 Å². The Bertz CT molecular complexity index is 533. The number of nitrogens with two attached hydrogens (primary N) is 1. The van der Waals surface area contributed by atoms with Crippen molar-refractivity contribution in [2.24, 2.45) is 11.1 Å². The van der Waals surface area contributed by atoms with E-state index in [-0.39, 0.29) is 37.3 Å². The van der Waals surface area contributed by atoms with Crippen LogP contribution in [0.2, 0.25) is 0 Å². The van der Waals surface area contributed by atoms with Gasteiger partial charge in [0.2, 0.25) is 11.8 Å². The lowest BCUT2D eigenvalue weighted by Crippen LogP contribution is -2.50. The minimum absolute atomic E-state index is 0. The predicted octanol–water partition coefficient (Wildman–Crippen LogP) is 1.68. The van der Waals surface area contributed by atoms with Gasteiger partial charge >= 0.3 is 0 Å². The van der Waals surface area contributed by atoms with Crippen molar-refractivity contribution in [3.05, 3.63) is 28.7 Å². The lowest BCUT2D eigenvalue weighted by Gasteiger charge is -2.34. The molecule has 1 aliphatic rings. The maximum absolute atomic E-state index is 12.3. The maximum Gasteiger partial charge on any atom is 0.243 e. The van der Waals surface area contributed by atoms with Crippen molar-refractivity contribution in [1.82, 2.24) is 5.32 Å². The summed E-state index contributed by atoms with van der Waals surface area (Å²) in [5.41, 5.74) is 5.83. The maximum atomic E-state index is 12.3. The van der Waals surface area contributed by atoms with Crippen LogP contribution in [0.3, 0.4) is 0 Å². The Kier molecular flexibility index (Phi) is 7.98. The molecule has 2 rings (SSSR count). The number of halogens is 2. The number of amides is 2. The van der Waals surface area contributed by atoms with E-state index in [4.69, 9.17) is 10.5 Å². The molecule has 1 aromatic rings. The zero-order valence-corrected chi connectivity index (χ0v) is 15.0. The van der Waals surface area contributed by atoms with Crippen molar-refractivity contribution in [2.45, 2.75) is 12.8 Å². The van der Waals surface area contributed by atoms with E-state index >= 15 is 0 Å². The molecule has 0 atom stereocenters. The number of carbonyl (C=O) groups is 2. The molecule has 4 N–H and O–H groups in total. The molecular weight excluding hydrogens is 386 g/mol. The van der Waals surface area contributed by atoms with Gasteiger partial charge in [-0.3, -0.25) is 9.59 Å². The monoisotopic (exact) mass is 405 g/mol. The third-order valence-electron chi connectivity index (χ3n) is 3.86. The highest BCUT2D eigenvalue weighted by Crippen LogP contribution is 2.29. The van der Waals surface area contributed by atoms with Gasteiger partial charge in [0, 0.05) is 29.9 Å². The van der Waals surface area contributed by atoms with E-state index in [1.54, 1.807) is 12.1 Å². The summed E-state index contributed by atoms with van der Waals surface area (Å²) >= 11 is 3.33. The zero-order chi connectivity index (χ0) is 16.0. The van der Waals surface area contributed by atoms with Gasteiger partial charge in [-0.25, -0.2) is 0 Å². The zero-order valence-electron chi connectivity index (χ0n) is 12.6. The van der Waals surface area contributed by atoms with E-state index in [1.807, 2.05) is 12.1 Å². The van der Waals surface area contributed by atoms with Gasteiger partial charge in [-0.1, -0.05) is 15.9 Å². The smallest absolute Gasteiger partial charge is 0.243 e. The summed E-state index contributed by atoms with van der Waals surface area (Å²) < 4.78 is 6.21. The molecule has 8 heteroatoms. The second-order valence-corrected chi connectivity index (χ2v) is 6.25. The van der Waals surface area contributed by atoms with Crippen LogP contribution in [0.1, 0.15) is 12.8 Å². The summed E-state index contributed by atoms with van der Waals surface area (Å²) in [7, 11) is 0. The van der Waals surface area contributed by atoms with E-state index in [0.29, 0.717) is 31.7 Å². The largest absolute Gasteiger partial charge is 0.381 e. The average Bonchev–Trinajstić information content (AvgIpc) is 2.55. The molecule has 1 heterocycles. The molecule has 1 fully saturated rings. The predicted molar refractivity (Wildman–Crippen MR) is 94.6 cm³/mol. The summed E-state index contributed by atoms with van der Waals surface area (Å²) in [5.74, 6) is -0.445. The molecule has 23 heavy (non-hydrogen) atoms. The van der Waals surface area contributed by atoms with Crippen molar-refractivity contribution in [1.29, 1.82) is 0 Å². The molecule has 1 aromatic carbocycles. The summed E-state index contributed by atoms with van der Waals surface area (Å²) in [4.78, 5) is 24.2. The third-order valence-corrected chi connectivity index (χ3v) is 4.39. The quantitative estimate of drug-likeness (QED) is 0.693. The topological polar surface area (TPSA) is 93.5 Å². The van der Waals surface area contributed by atoms with Crippen LogP contribution in [-0.2, 0) is 14.3 Å². The van der Waals surface area contributed by atoms with Crippen LogP contribution in [0.4, 0.5) is 5.69 Å². The lowest BCUT2D eigenvalue weighted by molar-refractivity contribution is -0.137. The van der Waals surface area contributed by atoms with Crippen molar-refractivity contribution in [3.63, 3.8) is 0 Å². The molecule has 0 aromatic heterocycles. The summed E-state index contributed by atoms with van der Waals surface area (Å²) in [5, 5.41) is 5.41. The molecule has 128 valence electrons. The van der Waals surface area contributed by atoms with Gasteiger partial charge in [-0.2, -0.15) is 0 Å². The molecule has 1 saturated heterocycles. The first-order valence-corrected chi connectivity index (χ1v) is 7.96. The number of carbonyl (C=O) groups excluding carboxylic acids is 2. The molecular formula is C15H21BrClN3O3. The average molecular weight is 407 g/mol. The highest BCUT2D eigenvalue weighted by atomic mass is 79.9. The van der Waals surface area contributed by atoms with Crippen LogP contribution in [-0.4, -0.2) is 38.1 Å². The number of nitrogens with one attached hydrogen (secondary N) is 2. The lowest BCUT2D eigenvalue weighted by atomic mass is 9.79. The van der Waals surface area contributed by atoms with E-state index in [0.717, 1.165) is 4.47 Å². The second-order valence-electron chi connectivity index (χ2n) is 5.33. The molecule has 0 aliphatic carbocycles. The Labute approximate surface area is 150 Å². The van der Waals surface area contributed by atoms with Gasteiger partial charge in [0.05, 0.1) is 12.0 Å². The first-order chi connectivity index (χ1) is 10.6. The number of hydrogen-bond donors (Lipinski definition) is 3. The fraction of sp³-hybridized carbons (Fsp3) is 0.467. The summed E-state index contributed by atoms with van der Waals surface area (Å²) in [6, 6.07) is 7.23. The first-order valence-electron chi connectivity index (χ1n) is 7.17. The van der Waals surface area contributed by atoms with E-state index in [9.17, 15) is 9.59 Å². The van der Waals surface area contributed by atoms with Crippen LogP contribution in [0.15, 0.2) is 28.7 Å². The Morgan fingerprint density at radius 3 is 2.39 bits per heavy atom. The second kappa shape index (κ2) is 9.22. The van der Waals surface area contributed by atoms with Crippen LogP contribution in [0.5, 0.6) is 0 Å². The highest BCUT2D eigenvalue weighted by molar-refractivity contribution is 9.10. The Morgan fingerprint density at radius 1 is 1.22 bits per heavy atom. The van der Waals surface area contributed by atoms with Gasteiger partial charge in [0.15, 0.2) is 0 Å². The summed E-state index contributed by atoms with van der Waals surface area (Å²) in [6.45, 7) is 1.24. The molecule has 0 bridgehead atoms. The normalized spacial score (nSPS) is 16.1. The van der Waals surface area contributed by atoms with Crippen LogP contribution < -0.4 is 16.4 Å². The fourth-order valence-corrected chi connectivity index (χ4v) is 2.64. The minimum Gasteiger partial charge on any atom is -0.381 e. The molecule has 0 saturated carbocycles. The molecule has 1 aliphatic heterocycles. The van der Waals surface area contributed by atoms with Gasteiger partial charge in [-0.05, 0) is 37.1 Å². The van der Waals surface area contributed by atoms with Crippen LogP contribution in [0, 0.1) is 5.41 Å². The molecule has 0 spiro atoms. The first kappa shape index (κ1) is 19.9. The minimum atomic E-state index is -0.615. The number of rotatable bonds is 5. The van der Waals surface area contributed by atoms with Gasteiger partial charge in [0.25, 0.3) is 0 Å². The van der Waals surface area contributed by atoms with E-state index < -0.39 is 5.41 Å². The Morgan fingerprint density at radius 2 is 1.83 bits per heavy atom. The third kappa shape index (κ3) is 5.46. The van der Waals surface area contributed by atoms with E-state index in [2.05, 4.69) is 26.6 Å².